The van der Waals surface area contributed by atoms with Gasteiger partial charge < -0.3 is 20.4 Å². The highest BCUT2D eigenvalue weighted by Crippen LogP contribution is 2.55. The van der Waals surface area contributed by atoms with E-state index in [4.69, 9.17) is 0 Å². The SMILES string of the molecule is CC1=CC[C@H](C)C(C)(C)[C@@H]1/C=C/C(C)=C/CC[C@@]1(CO)[C@H](CCCO)/C(=C(\C)CO)CC[C@]1(C)O. The molecule has 0 saturated heterocycles. The summed E-state index contributed by atoms with van der Waals surface area (Å²) in [6.45, 7) is 15.2. The molecule has 0 aromatic carbocycles. The second-order valence-electron chi connectivity index (χ2n) is 12.2. The molecule has 4 N–H and O–H groups in total. The van der Waals surface area contributed by atoms with Crippen molar-refractivity contribution in [1.29, 1.82) is 0 Å². The Morgan fingerprint density at radius 2 is 1.83 bits per heavy atom. The van der Waals surface area contributed by atoms with Gasteiger partial charge in [0.2, 0.25) is 0 Å². The maximum Gasteiger partial charge on any atom is 0.0706 e. The van der Waals surface area contributed by atoms with Gasteiger partial charge in [0.05, 0.1) is 18.8 Å². The van der Waals surface area contributed by atoms with Crippen LogP contribution in [0.1, 0.15) is 93.4 Å². The van der Waals surface area contributed by atoms with E-state index in [1.165, 1.54) is 11.1 Å². The van der Waals surface area contributed by atoms with E-state index in [2.05, 4.69) is 58.9 Å². The molecule has 1 saturated carbocycles. The molecule has 200 valence electrons. The van der Waals surface area contributed by atoms with E-state index in [0.29, 0.717) is 37.5 Å². The standard InChI is InChI=1S/C31H52O4/c1-22(12-15-27-23(2)13-14-25(4)29(27,5)6)10-8-17-31(21-34)28(11-9-19-32)26(24(3)20-33)16-18-30(31,7)35/h10,12-13,15,25,27-28,32-35H,8-9,11,14,16-21H2,1-7H3/b15-12+,22-10+,26-24+/t25-,27+,28+,30-,31+/m0/s1. The minimum Gasteiger partial charge on any atom is -0.396 e. The summed E-state index contributed by atoms with van der Waals surface area (Å²) in [5.74, 6) is 1.01. The van der Waals surface area contributed by atoms with E-state index < -0.39 is 11.0 Å². The average Bonchev–Trinajstić information content (AvgIpc) is 2.80. The second-order valence-corrected chi connectivity index (χ2v) is 12.2. The first kappa shape index (κ1) is 30.0. The fourth-order valence-corrected chi connectivity index (χ4v) is 6.63. The molecule has 0 aromatic rings. The fraction of sp³-hybridized carbons (Fsp3) is 0.742. The Bertz CT molecular complexity index is 829. The van der Waals surface area contributed by atoms with Crippen LogP contribution in [0.2, 0.25) is 0 Å². The lowest BCUT2D eigenvalue weighted by molar-refractivity contribution is -0.146. The maximum atomic E-state index is 11.5. The predicted octanol–water partition coefficient (Wildman–Crippen LogP) is 6.12. The summed E-state index contributed by atoms with van der Waals surface area (Å²) < 4.78 is 0. The van der Waals surface area contributed by atoms with Gasteiger partial charge in [0.1, 0.15) is 0 Å². The number of aliphatic hydroxyl groups is 4. The molecular weight excluding hydrogens is 436 g/mol. The summed E-state index contributed by atoms with van der Waals surface area (Å²) in [7, 11) is 0. The molecule has 0 spiro atoms. The van der Waals surface area contributed by atoms with Gasteiger partial charge in [0, 0.05) is 17.9 Å². The molecule has 2 aliphatic rings. The number of aliphatic hydroxyl groups excluding tert-OH is 3. The first-order chi connectivity index (χ1) is 16.4. The van der Waals surface area contributed by atoms with Crippen LogP contribution in [0.5, 0.6) is 0 Å². The largest absolute Gasteiger partial charge is 0.396 e. The van der Waals surface area contributed by atoms with Crippen LogP contribution in [0.4, 0.5) is 0 Å². The van der Waals surface area contributed by atoms with Crippen molar-refractivity contribution < 1.29 is 20.4 Å². The van der Waals surface area contributed by atoms with Crippen LogP contribution >= 0.6 is 0 Å². The Morgan fingerprint density at radius 1 is 1.14 bits per heavy atom. The Hall–Kier alpha value is -1.20. The lowest BCUT2D eigenvalue weighted by atomic mass is 9.53. The quantitative estimate of drug-likeness (QED) is 0.221. The molecule has 2 aliphatic carbocycles. The van der Waals surface area contributed by atoms with Gasteiger partial charge in [-0.1, -0.05) is 61.8 Å². The Balaban J connectivity index is 2.28. The summed E-state index contributed by atoms with van der Waals surface area (Å²) in [4.78, 5) is 0. The van der Waals surface area contributed by atoms with E-state index in [9.17, 15) is 20.4 Å². The highest BCUT2D eigenvalue weighted by molar-refractivity contribution is 5.27. The van der Waals surface area contributed by atoms with Gasteiger partial charge in [-0.3, -0.25) is 0 Å². The van der Waals surface area contributed by atoms with Crippen LogP contribution in [0.25, 0.3) is 0 Å². The van der Waals surface area contributed by atoms with Crippen molar-refractivity contribution in [3.63, 3.8) is 0 Å². The van der Waals surface area contributed by atoms with Gasteiger partial charge >= 0.3 is 0 Å². The van der Waals surface area contributed by atoms with E-state index >= 15 is 0 Å². The molecule has 0 aromatic heterocycles. The van der Waals surface area contributed by atoms with Crippen molar-refractivity contribution in [2.24, 2.45) is 28.6 Å². The highest BCUT2D eigenvalue weighted by Gasteiger charge is 2.54. The predicted molar refractivity (Wildman–Crippen MR) is 146 cm³/mol. The Kier molecular flexibility index (Phi) is 10.6. The van der Waals surface area contributed by atoms with Crippen molar-refractivity contribution in [3.05, 3.63) is 46.6 Å². The topological polar surface area (TPSA) is 80.9 Å². The fourth-order valence-electron chi connectivity index (χ4n) is 6.63. The zero-order valence-electron chi connectivity index (χ0n) is 23.4. The van der Waals surface area contributed by atoms with Crippen LogP contribution in [-0.2, 0) is 0 Å². The minimum absolute atomic E-state index is 0.0115. The van der Waals surface area contributed by atoms with Crippen molar-refractivity contribution in [1.82, 2.24) is 0 Å². The number of allylic oxidation sites excluding steroid dienone is 7. The molecule has 5 atom stereocenters. The van der Waals surface area contributed by atoms with Crippen molar-refractivity contribution in [2.45, 2.75) is 99.0 Å². The normalized spacial score (nSPS) is 35.3. The van der Waals surface area contributed by atoms with Crippen LogP contribution in [0.3, 0.4) is 0 Å². The molecule has 4 heteroatoms. The Morgan fingerprint density at radius 3 is 2.43 bits per heavy atom. The van der Waals surface area contributed by atoms with Crippen molar-refractivity contribution in [2.75, 3.05) is 19.8 Å². The molecule has 0 radical (unpaired) electrons. The summed E-state index contributed by atoms with van der Waals surface area (Å²) in [6.07, 6.45) is 14.3. The molecule has 35 heavy (non-hydrogen) atoms. The monoisotopic (exact) mass is 488 g/mol. The van der Waals surface area contributed by atoms with Crippen LogP contribution in [0, 0.1) is 28.6 Å². The minimum atomic E-state index is -1.01. The summed E-state index contributed by atoms with van der Waals surface area (Å²) in [5, 5.41) is 41.6. The van der Waals surface area contributed by atoms with E-state index in [0.717, 1.165) is 30.4 Å². The number of hydrogen-bond donors (Lipinski definition) is 4. The van der Waals surface area contributed by atoms with Crippen LogP contribution in [-0.4, -0.2) is 45.8 Å². The average molecular weight is 489 g/mol. The van der Waals surface area contributed by atoms with E-state index in [1.54, 1.807) is 0 Å². The van der Waals surface area contributed by atoms with E-state index in [-0.39, 0.29) is 31.2 Å². The smallest absolute Gasteiger partial charge is 0.0706 e. The third-order valence-corrected chi connectivity index (χ3v) is 9.72. The third kappa shape index (κ3) is 6.39. The first-order valence-electron chi connectivity index (χ1n) is 13.6. The van der Waals surface area contributed by atoms with Gasteiger partial charge in [-0.2, -0.15) is 0 Å². The molecule has 0 bridgehead atoms. The molecule has 1 fully saturated rings. The van der Waals surface area contributed by atoms with Crippen molar-refractivity contribution in [3.8, 4) is 0 Å². The Labute approximate surface area is 214 Å². The van der Waals surface area contributed by atoms with Gasteiger partial charge in [0.15, 0.2) is 0 Å². The summed E-state index contributed by atoms with van der Waals surface area (Å²) in [6, 6.07) is 0. The molecular formula is C31H52O4. The van der Waals surface area contributed by atoms with Crippen molar-refractivity contribution >= 4 is 0 Å². The molecule has 0 aliphatic heterocycles. The molecule has 2 rings (SSSR count). The number of hydrogen-bond acceptors (Lipinski definition) is 4. The first-order valence-corrected chi connectivity index (χ1v) is 13.6. The van der Waals surface area contributed by atoms with Gasteiger partial charge in [0.25, 0.3) is 0 Å². The second kappa shape index (κ2) is 12.4. The highest BCUT2D eigenvalue weighted by atomic mass is 16.3. The summed E-state index contributed by atoms with van der Waals surface area (Å²) in [5.41, 5.74) is 3.24. The zero-order chi connectivity index (χ0) is 26.4. The van der Waals surface area contributed by atoms with Gasteiger partial charge in [-0.25, -0.2) is 0 Å². The van der Waals surface area contributed by atoms with Gasteiger partial charge in [-0.05, 0) is 95.5 Å². The lowest BCUT2D eigenvalue weighted by Gasteiger charge is -2.54. The van der Waals surface area contributed by atoms with E-state index in [1.807, 2.05) is 13.8 Å². The van der Waals surface area contributed by atoms with Crippen LogP contribution in [0.15, 0.2) is 46.6 Å². The molecule has 0 amide bonds. The molecule has 0 heterocycles. The van der Waals surface area contributed by atoms with Gasteiger partial charge in [-0.15, -0.1) is 0 Å². The van der Waals surface area contributed by atoms with Crippen LogP contribution < -0.4 is 0 Å². The zero-order valence-corrected chi connectivity index (χ0v) is 23.4. The maximum absolute atomic E-state index is 11.5. The number of rotatable bonds is 10. The molecule has 0 unspecified atom stereocenters. The third-order valence-electron chi connectivity index (χ3n) is 9.72. The summed E-state index contributed by atoms with van der Waals surface area (Å²) >= 11 is 0. The molecule has 4 nitrogen and oxygen atoms in total. The lowest BCUT2D eigenvalue weighted by Crippen LogP contribution is -2.56.